The van der Waals surface area contributed by atoms with Crippen LogP contribution in [0.4, 0.5) is 0 Å². The van der Waals surface area contributed by atoms with Crippen molar-refractivity contribution in [2.45, 2.75) is 20.8 Å². The SMILES string of the molecule is C#CNCC(C)(C)C. The van der Waals surface area contributed by atoms with Crippen molar-refractivity contribution >= 4 is 0 Å². The normalized spacial score (nSPS) is 10.2. The van der Waals surface area contributed by atoms with Crippen LogP contribution >= 0.6 is 0 Å². The van der Waals surface area contributed by atoms with Crippen LogP contribution in [0.5, 0.6) is 0 Å². The van der Waals surface area contributed by atoms with Gasteiger partial charge in [0.05, 0.1) is 0 Å². The molecule has 0 amide bonds. The summed E-state index contributed by atoms with van der Waals surface area (Å²) in [4.78, 5) is 0. The van der Waals surface area contributed by atoms with Crippen LogP contribution in [0.1, 0.15) is 20.8 Å². The van der Waals surface area contributed by atoms with E-state index in [0.29, 0.717) is 5.41 Å². The van der Waals surface area contributed by atoms with Gasteiger partial charge in [0.25, 0.3) is 0 Å². The summed E-state index contributed by atoms with van der Waals surface area (Å²) in [5.41, 5.74) is 0.298. The minimum atomic E-state index is 0.298. The maximum Gasteiger partial charge on any atom is 0.0278 e. The monoisotopic (exact) mass is 111 g/mol. The number of nitrogens with one attached hydrogen (secondary N) is 1. The predicted molar refractivity (Wildman–Crippen MR) is 36.3 cm³/mol. The van der Waals surface area contributed by atoms with E-state index in [9.17, 15) is 0 Å². The lowest BCUT2D eigenvalue weighted by Crippen LogP contribution is -2.22. The summed E-state index contributed by atoms with van der Waals surface area (Å²) in [7, 11) is 0. The van der Waals surface area contributed by atoms with E-state index in [0.717, 1.165) is 6.54 Å². The molecular formula is C7H13N. The second-order valence-electron chi connectivity index (χ2n) is 3.06. The van der Waals surface area contributed by atoms with Gasteiger partial charge in [-0.15, -0.1) is 0 Å². The van der Waals surface area contributed by atoms with E-state index in [4.69, 9.17) is 6.42 Å². The van der Waals surface area contributed by atoms with Crippen LogP contribution in [0, 0.1) is 17.9 Å². The molecule has 0 aromatic carbocycles. The molecule has 0 bridgehead atoms. The molecule has 1 N–H and O–H groups in total. The number of hydrogen-bond donors (Lipinski definition) is 1. The van der Waals surface area contributed by atoms with Crippen molar-refractivity contribution in [3.8, 4) is 12.5 Å². The first-order chi connectivity index (χ1) is 3.56. The second kappa shape index (κ2) is 2.61. The molecule has 0 saturated heterocycles. The van der Waals surface area contributed by atoms with Gasteiger partial charge in [0.2, 0.25) is 0 Å². The molecule has 1 nitrogen and oxygen atoms in total. The van der Waals surface area contributed by atoms with Gasteiger partial charge < -0.3 is 5.32 Å². The number of rotatable bonds is 1. The average Bonchev–Trinajstić information content (AvgIpc) is 1.59. The average molecular weight is 111 g/mol. The van der Waals surface area contributed by atoms with Crippen LogP contribution < -0.4 is 5.32 Å². The molecular weight excluding hydrogens is 98.1 g/mol. The zero-order chi connectivity index (χ0) is 6.62. The third kappa shape index (κ3) is 5.36. The van der Waals surface area contributed by atoms with Crippen LogP contribution in [0.15, 0.2) is 0 Å². The topological polar surface area (TPSA) is 12.0 Å². The molecule has 0 radical (unpaired) electrons. The van der Waals surface area contributed by atoms with E-state index in [-0.39, 0.29) is 0 Å². The first kappa shape index (κ1) is 7.36. The molecule has 0 aromatic heterocycles. The van der Waals surface area contributed by atoms with E-state index >= 15 is 0 Å². The highest BCUT2D eigenvalue weighted by Crippen LogP contribution is 2.09. The highest BCUT2D eigenvalue weighted by Gasteiger charge is 2.06. The Morgan fingerprint density at radius 1 is 1.50 bits per heavy atom. The molecule has 0 aliphatic heterocycles. The summed E-state index contributed by atoms with van der Waals surface area (Å²) in [6.07, 6.45) is 4.97. The van der Waals surface area contributed by atoms with E-state index in [1.807, 2.05) is 0 Å². The molecule has 0 unspecified atom stereocenters. The van der Waals surface area contributed by atoms with Crippen LogP contribution in [-0.4, -0.2) is 6.54 Å². The molecule has 0 saturated carbocycles. The quantitative estimate of drug-likeness (QED) is 0.396. The third-order valence-electron chi connectivity index (χ3n) is 0.721. The minimum Gasteiger partial charge on any atom is -0.346 e. The van der Waals surface area contributed by atoms with Gasteiger partial charge in [0.1, 0.15) is 0 Å². The van der Waals surface area contributed by atoms with E-state index in [2.05, 4.69) is 32.1 Å². The lowest BCUT2D eigenvalue weighted by atomic mass is 9.97. The Bertz CT molecular complexity index is 91.9. The van der Waals surface area contributed by atoms with Crippen molar-refractivity contribution in [3.05, 3.63) is 0 Å². The van der Waals surface area contributed by atoms with Gasteiger partial charge in [-0.3, -0.25) is 0 Å². The zero-order valence-corrected chi connectivity index (χ0v) is 5.78. The van der Waals surface area contributed by atoms with Gasteiger partial charge in [-0.25, -0.2) is 0 Å². The summed E-state index contributed by atoms with van der Waals surface area (Å²) in [6.45, 7) is 7.29. The molecule has 0 heterocycles. The first-order valence-corrected chi connectivity index (χ1v) is 2.75. The van der Waals surface area contributed by atoms with Crippen molar-refractivity contribution in [2.24, 2.45) is 5.41 Å². The van der Waals surface area contributed by atoms with Gasteiger partial charge in [-0.1, -0.05) is 27.2 Å². The van der Waals surface area contributed by atoms with Crippen molar-refractivity contribution in [1.82, 2.24) is 5.32 Å². The van der Waals surface area contributed by atoms with Crippen LogP contribution in [0.25, 0.3) is 0 Å². The Morgan fingerprint density at radius 2 is 2.00 bits per heavy atom. The van der Waals surface area contributed by atoms with Crippen molar-refractivity contribution in [2.75, 3.05) is 6.54 Å². The summed E-state index contributed by atoms with van der Waals surface area (Å²) in [6, 6.07) is 2.37. The molecule has 1 heteroatoms. The predicted octanol–water partition coefficient (Wildman–Crippen LogP) is 1.21. The van der Waals surface area contributed by atoms with Crippen LogP contribution in [0.3, 0.4) is 0 Å². The lowest BCUT2D eigenvalue weighted by molar-refractivity contribution is 0.406. The lowest BCUT2D eigenvalue weighted by Gasteiger charge is -2.15. The Hall–Kier alpha value is -0.640. The first-order valence-electron chi connectivity index (χ1n) is 2.75. The van der Waals surface area contributed by atoms with Gasteiger partial charge in [0, 0.05) is 12.6 Å². The second-order valence-corrected chi connectivity index (χ2v) is 3.06. The molecule has 8 heavy (non-hydrogen) atoms. The Kier molecular flexibility index (Phi) is 2.41. The highest BCUT2D eigenvalue weighted by molar-refractivity contribution is 4.82. The highest BCUT2D eigenvalue weighted by atomic mass is 14.8. The Labute approximate surface area is 51.5 Å². The molecule has 0 aromatic rings. The maximum atomic E-state index is 4.97. The standard InChI is InChI=1S/C7H13N/c1-5-8-6-7(2,3)4/h1,8H,6H2,2-4H3. The van der Waals surface area contributed by atoms with Crippen molar-refractivity contribution in [1.29, 1.82) is 0 Å². The van der Waals surface area contributed by atoms with Crippen LogP contribution in [-0.2, 0) is 0 Å². The number of hydrogen-bond acceptors (Lipinski definition) is 1. The van der Waals surface area contributed by atoms with E-state index in [1.165, 1.54) is 0 Å². The van der Waals surface area contributed by atoms with Gasteiger partial charge >= 0.3 is 0 Å². The van der Waals surface area contributed by atoms with Crippen molar-refractivity contribution in [3.63, 3.8) is 0 Å². The van der Waals surface area contributed by atoms with Gasteiger partial charge in [-0.2, -0.15) is 0 Å². The van der Waals surface area contributed by atoms with Gasteiger partial charge in [0.15, 0.2) is 0 Å². The molecule has 0 aliphatic carbocycles. The zero-order valence-electron chi connectivity index (χ0n) is 5.78. The minimum absolute atomic E-state index is 0.298. The van der Waals surface area contributed by atoms with Crippen LogP contribution in [0.2, 0.25) is 0 Å². The largest absolute Gasteiger partial charge is 0.346 e. The molecule has 0 fully saturated rings. The van der Waals surface area contributed by atoms with E-state index < -0.39 is 0 Å². The fourth-order valence-corrected chi connectivity index (χ4v) is 0.316. The summed E-state index contributed by atoms with van der Waals surface area (Å²) in [5.74, 6) is 0. The maximum absolute atomic E-state index is 4.97. The Morgan fingerprint density at radius 3 is 2.12 bits per heavy atom. The Balaban J connectivity index is 3.28. The molecule has 0 rings (SSSR count). The van der Waals surface area contributed by atoms with Crippen molar-refractivity contribution < 1.29 is 0 Å². The molecule has 0 atom stereocenters. The summed E-state index contributed by atoms with van der Waals surface area (Å²) in [5, 5.41) is 2.82. The summed E-state index contributed by atoms with van der Waals surface area (Å²) >= 11 is 0. The third-order valence-corrected chi connectivity index (χ3v) is 0.721. The smallest absolute Gasteiger partial charge is 0.0278 e. The fraction of sp³-hybridized carbons (Fsp3) is 0.714. The van der Waals surface area contributed by atoms with Gasteiger partial charge in [-0.05, 0) is 5.41 Å². The molecule has 0 aliphatic rings. The number of terminal acetylenes is 1. The molecule has 0 spiro atoms. The summed E-state index contributed by atoms with van der Waals surface area (Å²) < 4.78 is 0. The molecule has 46 valence electrons. The van der Waals surface area contributed by atoms with E-state index in [1.54, 1.807) is 0 Å². The fourth-order valence-electron chi connectivity index (χ4n) is 0.316.